The van der Waals surface area contributed by atoms with Gasteiger partial charge in [-0.25, -0.2) is 9.18 Å². The highest BCUT2D eigenvalue weighted by Gasteiger charge is 2.63. The van der Waals surface area contributed by atoms with E-state index in [2.05, 4.69) is 0 Å². The maximum Gasteiger partial charge on any atom is 0.456 e. The summed E-state index contributed by atoms with van der Waals surface area (Å²) in [5.41, 5.74) is -1.62. The zero-order chi connectivity index (χ0) is 14.1. The second-order valence-corrected chi connectivity index (χ2v) is 3.41. The van der Waals surface area contributed by atoms with Crippen LogP contribution in [0.4, 0.5) is 26.3 Å². The number of carbonyl (C=O) groups is 1. The molecule has 0 fully saturated rings. The van der Waals surface area contributed by atoms with Crippen molar-refractivity contribution in [1.29, 1.82) is 0 Å². The normalized spacial score (nSPS) is 14.3. The second kappa shape index (κ2) is 4.51. The van der Waals surface area contributed by atoms with Crippen LogP contribution in [0, 0.1) is 0 Å². The molecule has 18 heavy (non-hydrogen) atoms. The molecule has 0 amide bonds. The molecule has 0 heterocycles. The molecule has 1 rings (SSSR count). The number of hydrogen-bond acceptors (Lipinski definition) is 1. The molecule has 2 nitrogen and oxygen atoms in total. The molecule has 0 saturated heterocycles. The number of aromatic carboxylic acids is 1. The van der Waals surface area contributed by atoms with Gasteiger partial charge in [-0.05, 0) is 17.7 Å². The molecule has 0 aromatic heterocycles. The van der Waals surface area contributed by atoms with E-state index in [1.807, 2.05) is 0 Å². The van der Waals surface area contributed by atoms with Crippen molar-refractivity contribution >= 4 is 5.97 Å². The van der Waals surface area contributed by atoms with E-state index >= 15 is 0 Å². The Bertz CT molecular complexity index is 454. The molecule has 0 aliphatic heterocycles. The fourth-order valence-corrected chi connectivity index (χ4v) is 1.18. The van der Waals surface area contributed by atoms with Crippen LogP contribution in [0.2, 0.25) is 0 Å². The predicted molar refractivity (Wildman–Crippen MR) is 48.3 cm³/mol. The van der Waals surface area contributed by atoms with E-state index in [1.54, 1.807) is 0 Å². The van der Waals surface area contributed by atoms with Gasteiger partial charge in [0.1, 0.15) is 0 Å². The third kappa shape index (κ3) is 2.57. The van der Waals surface area contributed by atoms with Crippen molar-refractivity contribution in [2.75, 3.05) is 0 Å². The van der Waals surface area contributed by atoms with E-state index in [4.69, 9.17) is 5.11 Å². The molecule has 0 spiro atoms. The van der Waals surface area contributed by atoms with Crippen LogP contribution in [0.25, 0.3) is 0 Å². The highest BCUT2D eigenvalue weighted by Crippen LogP contribution is 2.46. The monoisotopic (exact) mass is 272 g/mol. The Morgan fingerprint density at radius 3 is 2.17 bits per heavy atom. The molecule has 0 saturated carbocycles. The van der Waals surface area contributed by atoms with Gasteiger partial charge in [0.05, 0.1) is 5.56 Å². The molecule has 1 atom stereocenters. The quantitative estimate of drug-likeness (QED) is 0.854. The summed E-state index contributed by atoms with van der Waals surface area (Å²) in [5, 5.41) is 8.52. The minimum Gasteiger partial charge on any atom is -0.478 e. The summed E-state index contributed by atoms with van der Waals surface area (Å²) in [6, 6.07) is 2.94. The topological polar surface area (TPSA) is 37.3 Å². The second-order valence-electron chi connectivity index (χ2n) is 3.41. The Kier molecular flexibility index (Phi) is 3.59. The highest BCUT2D eigenvalue weighted by molar-refractivity contribution is 5.87. The molecule has 0 bridgehead atoms. The SMILES string of the molecule is O=C(O)c1cccc(C(F)C(F)(F)C(F)(F)F)c1. The number of carboxylic acid groups (broad SMARTS) is 1. The number of halogens is 6. The summed E-state index contributed by atoms with van der Waals surface area (Å²) in [7, 11) is 0. The molecule has 8 heteroatoms. The lowest BCUT2D eigenvalue weighted by Crippen LogP contribution is -2.40. The van der Waals surface area contributed by atoms with Crippen molar-refractivity contribution in [3.05, 3.63) is 35.4 Å². The van der Waals surface area contributed by atoms with E-state index in [0.29, 0.717) is 12.1 Å². The molecule has 1 aromatic carbocycles. The van der Waals surface area contributed by atoms with Crippen LogP contribution in [-0.4, -0.2) is 23.2 Å². The fraction of sp³-hybridized carbons (Fsp3) is 0.300. The molecule has 0 aliphatic rings. The van der Waals surface area contributed by atoms with Crippen LogP contribution >= 0.6 is 0 Å². The van der Waals surface area contributed by atoms with E-state index < -0.39 is 35.4 Å². The van der Waals surface area contributed by atoms with Gasteiger partial charge < -0.3 is 5.11 Å². The smallest absolute Gasteiger partial charge is 0.456 e. The molecule has 100 valence electrons. The van der Waals surface area contributed by atoms with Crippen molar-refractivity contribution < 1.29 is 36.2 Å². The van der Waals surface area contributed by atoms with Crippen LogP contribution in [0.5, 0.6) is 0 Å². The lowest BCUT2D eigenvalue weighted by Gasteiger charge is -2.23. The average molecular weight is 272 g/mol. The van der Waals surface area contributed by atoms with Gasteiger partial charge in [-0.15, -0.1) is 0 Å². The third-order valence-electron chi connectivity index (χ3n) is 2.12. The standard InChI is InChI=1S/C10H6F6O2/c11-7(9(12,13)10(14,15)16)5-2-1-3-6(4-5)8(17)18/h1-4,7H,(H,17,18). The minimum absolute atomic E-state index is 0.437. The molecule has 1 N–H and O–H groups in total. The van der Waals surface area contributed by atoms with Gasteiger partial charge in [-0.3, -0.25) is 0 Å². The van der Waals surface area contributed by atoms with Crippen molar-refractivity contribution in [3.63, 3.8) is 0 Å². The van der Waals surface area contributed by atoms with Crippen LogP contribution in [-0.2, 0) is 0 Å². The Morgan fingerprint density at radius 1 is 1.17 bits per heavy atom. The number of benzene rings is 1. The number of rotatable bonds is 3. The summed E-state index contributed by atoms with van der Waals surface area (Å²) >= 11 is 0. The van der Waals surface area contributed by atoms with Gasteiger partial charge in [0.15, 0.2) is 6.17 Å². The minimum atomic E-state index is -6.05. The van der Waals surface area contributed by atoms with Gasteiger partial charge in [-0.1, -0.05) is 12.1 Å². The van der Waals surface area contributed by atoms with Crippen molar-refractivity contribution in [3.8, 4) is 0 Å². The number of carboxylic acids is 1. The summed E-state index contributed by atoms with van der Waals surface area (Å²) in [6.45, 7) is 0. The molecule has 1 unspecified atom stereocenters. The molecular weight excluding hydrogens is 266 g/mol. The van der Waals surface area contributed by atoms with E-state index in [-0.39, 0.29) is 0 Å². The summed E-state index contributed by atoms with van der Waals surface area (Å²) in [6.07, 6.45) is -9.71. The Morgan fingerprint density at radius 2 is 1.72 bits per heavy atom. The largest absolute Gasteiger partial charge is 0.478 e. The Hall–Kier alpha value is -1.73. The van der Waals surface area contributed by atoms with Crippen LogP contribution in [0.1, 0.15) is 22.1 Å². The maximum atomic E-state index is 13.2. The first-order chi connectivity index (χ1) is 8.07. The first-order valence-corrected chi connectivity index (χ1v) is 4.49. The number of hydrogen-bond donors (Lipinski definition) is 1. The summed E-state index contributed by atoms with van der Waals surface area (Å²) in [5.74, 6) is -7.14. The lowest BCUT2D eigenvalue weighted by atomic mass is 10.0. The van der Waals surface area contributed by atoms with Gasteiger partial charge >= 0.3 is 18.1 Å². The summed E-state index contributed by atoms with van der Waals surface area (Å²) < 4.78 is 74.3. The highest BCUT2D eigenvalue weighted by atomic mass is 19.4. The van der Waals surface area contributed by atoms with Crippen LogP contribution in [0.3, 0.4) is 0 Å². The molecule has 0 aliphatic carbocycles. The van der Waals surface area contributed by atoms with Crippen molar-refractivity contribution in [2.45, 2.75) is 18.3 Å². The van der Waals surface area contributed by atoms with Gasteiger partial charge in [0.2, 0.25) is 0 Å². The van der Waals surface area contributed by atoms with Gasteiger partial charge in [0.25, 0.3) is 0 Å². The molecule has 0 radical (unpaired) electrons. The predicted octanol–water partition coefficient (Wildman–Crippen LogP) is 3.59. The fourth-order valence-electron chi connectivity index (χ4n) is 1.18. The lowest BCUT2D eigenvalue weighted by molar-refractivity contribution is -0.305. The Balaban J connectivity index is 3.15. The van der Waals surface area contributed by atoms with Crippen LogP contribution in [0.15, 0.2) is 24.3 Å². The first-order valence-electron chi connectivity index (χ1n) is 4.49. The van der Waals surface area contributed by atoms with E-state index in [1.165, 1.54) is 0 Å². The van der Waals surface area contributed by atoms with E-state index in [9.17, 15) is 31.1 Å². The first kappa shape index (κ1) is 14.3. The maximum absolute atomic E-state index is 13.2. The van der Waals surface area contributed by atoms with Gasteiger partial charge in [0, 0.05) is 0 Å². The van der Waals surface area contributed by atoms with E-state index in [0.717, 1.165) is 12.1 Å². The summed E-state index contributed by atoms with van der Waals surface area (Å²) in [4.78, 5) is 10.5. The average Bonchev–Trinajstić information content (AvgIpc) is 2.26. The zero-order valence-electron chi connectivity index (χ0n) is 8.51. The zero-order valence-corrected chi connectivity index (χ0v) is 8.51. The van der Waals surface area contributed by atoms with Crippen molar-refractivity contribution in [1.82, 2.24) is 0 Å². The van der Waals surface area contributed by atoms with Crippen molar-refractivity contribution in [2.24, 2.45) is 0 Å². The Labute approximate surface area is 96.8 Å². The third-order valence-corrected chi connectivity index (χ3v) is 2.12. The number of alkyl halides is 6. The molecule has 1 aromatic rings. The van der Waals surface area contributed by atoms with Crippen LogP contribution < -0.4 is 0 Å². The molecular formula is C10H6F6O2. The van der Waals surface area contributed by atoms with Gasteiger partial charge in [-0.2, -0.15) is 22.0 Å².